The Hall–Kier alpha value is -1.83. The molecular weight excluding hydrogens is 492 g/mol. The van der Waals surface area contributed by atoms with Gasteiger partial charge in [0.25, 0.3) is 8.32 Å². The first-order valence-corrected chi connectivity index (χ1v) is 16.4. The molecule has 0 unspecified atom stereocenters. The summed E-state index contributed by atoms with van der Waals surface area (Å²) in [5.41, 5.74) is 0. The van der Waals surface area contributed by atoms with Crippen LogP contribution in [-0.2, 0) is 23.4 Å². The molecule has 3 aliphatic rings. The zero-order valence-corrected chi connectivity index (χ0v) is 24.5. The molecule has 0 amide bonds. The molecule has 5 rings (SSSR count). The lowest BCUT2D eigenvalue weighted by Crippen LogP contribution is -2.66. The summed E-state index contributed by atoms with van der Waals surface area (Å²) < 4.78 is 26.9. The van der Waals surface area contributed by atoms with Crippen molar-refractivity contribution in [3.63, 3.8) is 0 Å². The average Bonchev–Trinajstić information content (AvgIpc) is 3.27. The fourth-order valence-corrected chi connectivity index (χ4v) is 11.5. The van der Waals surface area contributed by atoms with Gasteiger partial charge in [0.1, 0.15) is 11.9 Å². The van der Waals surface area contributed by atoms with Gasteiger partial charge < -0.3 is 18.6 Å². The van der Waals surface area contributed by atoms with Crippen molar-refractivity contribution in [2.45, 2.75) is 102 Å². The SMILES string of the molecule is CC(=O)C[C@@H]1OC[C@H](CCO[Si](c2ccccc2)(c2ccccc2)C(C)(C)C)[C@H]2OC3(CCCCC3)O[C@H]21. The second kappa shape index (κ2) is 11.3. The summed E-state index contributed by atoms with van der Waals surface area (Å²) in [6, 6.07) is 21.6. The third kappa shape index (κ3) is 5.43. The molecule has 2 aromatic carbocycles. The van der Waals surface area contributed by atoms with E-state index in [1.165, 1.54) is 16.8 Å². The summed E-state index contributed by atoms with van der Waals surface area (Å²) in [4.78, 5) is 12.0. The van der Waals surface area contributed by atoms with Gasteiger partial charge in [0.15, 0.2) is 5.79 Å². The van der Waals surface area contributed by atoms with Crippen LogP contribution in [-0.4, -0.2) is 51.4 Å². The van der Waals surface area contributed by atoms with E-state index >= 15 is 0 Å². The van der Waals surface area contributed by atoms with Crippen molar-refractivity contribution in [2.75, 3.05) is 13.2 Å². The molecule has 1 saturated carbocycles. The average molecular weight is 537 g/mol. The van der Waals surface area contributed by atoms with Crippen LogP contribution in [0.2, 0.25) is 5.04 Å². The van der Waals surface area contributed by atoms with E-state index in [0.717, 1.165) is 32.1 Å². The Balaban J connectivity index is 1.38. The van der Waals surface area contributed by atoms with Crippen molar-refractivity contribution in [2.24, 2.45) is 5.92 Å². The molecule has 0 aromatic heterocycles. The van der Waals surface area contributed by atoms with Crippen molar-refractivity contribution in [1.82, 2.24) is 0 Å². The van der Waals surface area contributed by atoms with Crippen LogP contribution in [0.4, 0.5) is 0 Å². The number of fused-ring (bicyclic) bond motifs is 1. The quantitative estimate of drug-likeness (QED) is 0.424. The highest BCUT2D eigenvalue weighted by atomic mass is 28.4. The van der Waals surface area contributed by atoms with Crippen LogP contribution in [0.25, 0.3) is 0 Å². The number of hydrogen-bond donors (Lipinski definition) is 0. The molecule has 6 heteroatoms. The molecule has 5 nitrogen and oxygen atoms in total. The number of hydrogen-bond acceptors (Lipinski definition) is 5. The first-order chi connectivity index (χ1) is 18.2. The van der Waals surface area contributed by atoms with Crippen LogP contribution < -0.4 is 10.4 Å². The minimum absolute atomic E-state index is 0.0612. The van der Waals surface area contributed by atoms with Gasteiger partial charge in [-0.05, 0) is 41.6 Å². The second-order valence-electron chi connectivity index (χ2n) is 12.5. The smallest absolute Gasteiger partial charge is 0.261 e. The van der Waals surface area contributed by atoms with E-state index in [1.807, 2.05) is 0 Å². The molecule has 1 aliphatic carbocycles. The van der Waals surface area contributed by atoms with Gasteiger partial charge >= 0.3 is 0 Å². The van der Waals surface area contributed by atoms with Gasteiger partial charge in [-0.25, -0.2) is 0 Å². The van der Waals surface area contributed by atoms with E-state index < -0.39 is 14.1 Å². The Labute approximate surface area is 229 Å². The molecular formula is C32H44O5Si. The van der Waals surface area contributed by atoms with Crippen LogP contribution in [0.15, 0.2) is 60.7 Å². The molecule has 0 N–H and O–H groups in total. The van der Waals surface area contributed by atoms with Crippen LogP contribution >= 0.6 is 0 Å². The van der Waals surface area contributed by atoms with Crippen LogP contribution in [0, 0.1) is 5.92 Å². The minimum Gasteiger partial charge on any atom is -0.407 e. The van der Waals surface area contributed by atoms with Gasteiger partial charge in [0, 0.05) is 31.8 Å². The summed E-state index contributed by atoms with van der Waals surface area (Å²) in [6.07, 6.45) is 6.07. The lowest BCUT2D eigenvalue weighted by molar-refractivity contribution is -0.199. The van der Waals surface area contributed by atoms with Crippen LogP contribution in [0.5, 0.6) is 0 Å². The molecule has 2 saturated heterocycles. The molecule has 0 bridgehead atoms. The maximum Gasteiger partial charge on any atom is 0.261 e. The van der Waals surface area contributed by atoms with E-state index in [-0.39, 0.29) is 35.1 Å². The van der Waals surface area contributed by atoms with Gasteiger partial charge in [-0.1, -0.05) is 87.9 Å². The zero-order chi connectivity index (χ0) is 26.8. The summed E-state index contributed by atoms with van der Waals surface area (Å²) in [6.45, 7) is 9.76. The minimum atomic E-state index is -2.60. The first-order valence-electron chi connectivity index (χ1n) is 14.5. The largest absolute Gasteiger partial charge is 0.407 e. The maximum absolute atomic E-state index is 12.0. The Kier molecular flexibility index (Phi) is 8.27. The fourth-order valence-electron chi connectivity index (χ4n) is 6.90. The lowest BCUT2D eigenvalue weighted by Gasteiger charge is -2.43. The van der Waals surface area contributed by atoms with Gasteiger partial charge in [0.2, 0.25) is 0 Å². The van der Waals surface area contributed by atoms with E-state index in [2.05, 4.69) is 81.4 Å². The summed E-state index contributed by atoms with van der Waals surface area (Å²) in [5, 5.41) is 2.52. The number of ketones is 1. The number of benzene rings is 2. The Morgan fingerprint density at radius 2 is 1.50 bits per heavy atom. The monoisotopic (exact) mass is 536 g/mol. The Morgan fingerprint density at radius 1 is 0.921 bits per heavy atom. The second-order valence-corrected chi connectivity index (χ2v) is 16.8. The summed E-state index contributed by atoms with van der Waals surface area (Å²) >= 11 is 0. The molecule has 2 heterocycles. The van der Waals surface area contributed by atoms with Crippen LogP contribution in [0.1, 0.15) is 72.6 Å². The summed E-state index contributed by atoms with van der Waals surface area (Å²) in [7, 11) is -2.60. The van der Waals surface area contributed by atoms with Crippen molar-refractivity contribution < 1.29 is 23.4 Å². The molecule has 3 fully saturated rings. The predicted molar refractivity (Wildman–Crippen MR) is 152 cm³/mol. The van der Waals surface area contributed by atoms with Crippen LogP contribution in [0.3, 0.4) is 0 Å². The standard InChI is InChI=1S/C32H44O5Si/c1-24(33)22-28-30-29(36-32(37-30)19-12-7-13-20-32)25(23-34-28)18-21-35-38(31(2,3)4,26-14-8-5-9-15-26)27-16-10-6-11-17-27/h5-6,8-11,14-17,25,28-30H,7,12-13,18-23H2,1-4H3/t25-,28-,29+,30-/m0/s1. The van der Waals surface area contributed by atoms with Crippen molar-refractivity contribution in [1.29, 1.82) is 0 Å². The highest BCUT2D eigenvalue weighted by Crippen LogP contribution is 2.46. The fraction of sp³-hybridized carbons (Fsp3) is 0.594. The topological polar surface area (TPSA) is 54.0 Å². The third-order valence-electron chi connectivity index (χ3n) is 8.71. The first kappa shape index (κ1) is 27.7. The molecule has 2 aromatic rings. The molecule has 38 heavy (non-hydrogen) atoms. The predicted octanol–water partition coefficient (Wildman–Crippen LogP) is 5.39. The van der Waals surface area contributed by atoms with Crippen molar-refractivity contribution in [3.8, 4) is 0 Å². The van der Waals surface area contributed by atoms with E-state index in [1.54, 1.807) is 6.92 Å². The molecule has 1 spiro atoms. The Morgan fingerprint density at radius 3 is 2.05 bits per heavy atom. The van der Waals surface area contributed by atoms with Crippen molar-refractivity contribution in [3.05, 3.63) is 60.7 Å². The van der Waals surface area contributed by atoms with Gasteiger partial charge in [-0.15, -0.1) is 0 Å². The number of ether oxygens (including phenoxy) is 3. The summed E-state index contributed by atoms with van der Waals surface area (Å²) in [5.74, 6) is -0.203. The van der Waals surface area contributed by atoms with Gasteiger partial charge in [-0.2, -0.15) is 0 Å². The number of carbonyl (C=O) groups is 1. The van der Waals surface area contributed by atoms with Gasteiger partial charge in [0.05, 0.1) is 18.8 Å². The molecule has 206 valence electrons. The van der Waals surface area contributed by atoms with E-state index in [9.17, 15) is 4.79 Å². The molecule has 0 radical (unpaired) electrons. The normalized spacial score (nSPS) is 27.3. The zero-order valence-electron chi connectivity index (χ0n) is 23.5. The lowest BCUT2D eigenvalue weighted by atomic mass is 9.88. The maximum atomic E-state index is 12.0. The molecule has 4 atom stereocenters. The van der Waals surface area contributed by atoms with E-state index in [0.29, 0.717) is 19.6 Å². The Bertz CT molecular complexity index is 1020. The number of Topliss-reactive ketones (excluding diaryl/α,β-unsaturated/α-hetero) is 1. The number of rotatable bonds is 8. The highest BCUT2D eigenvalue weighted by Gasteiger charge is 2.56. The molecule has 2 aliphatic heterocycles. The number of carbonyl (C=O) groups excluding carboxylic acids is 1. The third-order valence-corrected chi connectivity index (χ3v) is 13.8. The van der Waals surface area contributed by atoms with E-state index in [4.69, 9.17) is 18.6 Å². The highest BCUT2D eigenvalue weighted by molar-refractivity contribution is 6.99. The van der Waals surface area contributed by atoms with Gasteiger partial charge in [-0.3, -0.25) is 4.79 Å². The van der Waals surface area contributed by atoms with Crippen molar-refractivity contribution >= 4 is 24.5 Å².